The molecule has 2 rings (SSSR count). The minimum atomic E-state index is -0.666. The Labute approximate surface area is 123 Å². The minimum Gasteiger partial charge on any atom is -0.382 e. The van der Waals surface area contributed by atoms with Crippen LogP contribution in [0.4, 0.5) is 14.5 Å². The van der Waals surface area contributed by atoms with Crippen molar-refractivity contribution in [2.24, 2.45) is 0 Å². The molecule has 2 aromatic carbocycles. The molecule has 0 aliphatic rings. The fourth-order valence-electron chi connectivity index (χ4n) is 1.72. The predicted octanol–water partition coefficient (Wildman–Crippen LogP) is 4.41. The van der Waals surface area contributed by atoms with E-state index < -0.39 is 11.6 Å². The molecular formula is C15H12BrF2NO. The van der Waals surface area contributed by atoms with E-state index in [0.29, 0.717) is 5.56 Å². The molecule has 2 nitrogen and oxygen atoms in total. The van der Waals surface area contributed by atoms with Crippen LogP contribution in [0.25, 0.3) is 0 Å². The number of carbonyl (C=O) groups is 1. The van der Waals surface area contributed by atoms with Crippen molar-refractivity contribution in [3.05, 3.63) is 64.1 Å². The summed E-state index contributed by atoms with van der Waals surface area (Å²) in [6.07, 6.45) is 0.235. The van der Waals surface area contributed by atoms with E-state index in [1.165, 1.54) is 12.1 Å². The smallest absolute Gasteiger partial charge is 0.164 e. The van der Waals surface area contributed by atoms with Gasteiger partial charge in [0, 0.05) is 29.1 Å². The first-order valence-electron chi connectivity index (χ1n) is 6.04. The van der Waals surface area contributed by atoms with Crippen LogP contribution < -0.4 is 5.32 Å². The summed E-state index contributed by atoms with van der Waals surface area (Å²) in [5.41, 5.74) is 0.796. The van der Waals surface area contributed by atoms with Crippen molar-refractivity contribution in [3.8, 4) is 0 Å². The summed E-state index contributed by atoms with van der Waals surface area (Å²) in [5, 5.41) is 2.78. The van der Waals surface area contributed by atoms with Crippen LogP contribution in [0.15, 0.2) is 46.9 Å². The molecule has 0 bridgehead atoms. The Hall–Kier alpha value is -1.75. The van der Waals surface area contributed by atoms with Crippen LogP contribution in [-0.2, 0) is 0 Å². The molecular weight excluding hydrogens is 328 g/mol. The van der Waals surface area contributed by atoms with Gasteiger partial charge >= 0.3 is 0 Å². The first-order chi connectivity index (χ1) is 9.56. The summed E-state index contributed by atoms with van der Waals surface area (Å²) in [4.78, 5) is 11.9. The lowest BCUT2D eigenvalue weighted by molar-refractivity contribution is 0.0986. The van der Waals surface area contributed by atoms with E-state index in [9.17, 15) is 13.6 Å². The molecule has 0 aromatic heterocycles. The third kappa shape index (κ3) is 3.87. The highest BCUT2D eigenvalue weighted by molar-refractivity contribution is 9.10. The van der Waals surface area contributed by atoms with Gasteiger partial charge in [-0.1, -0.05) is 28.1 Å². The molecule has 0 saturated heterocycles. The molecule has 0 amide bonds. The molecule has 1 N–H and O–H groups in total. The van der Waals surface area contributed by atoms with Crippen molar-refractivity contribution in [2.45, 2.75) is 6.42 Å². The largest absolute Gasteiger partial charge is 0.382 e. The summed E-state index contributed by atoms with van der Waals surface area (Å²) >= 11 is 3.30. The number of Topliss-reactive ketones (excluding diaryl/α,β-unsaturated/α-hetero) is 1. The number of halogens is 3. The second kappa shape index (κ2) is 6.61. The van der Waals surface area contributed by atoms with Crippen LogP contribution in [0, 0.1) is 11.6 Å². The molecule has 0 saturated carbocycles. The number of rotatable bonds is 5. The maximum Gasteiger partial charge on any atom is 0.164 e. The standard InChI is InChI=1S/C15H12BrF2NO/c16-11-3-1-10(2-4-11)15(20)7-8-19-14-6-5-12(17)9-13(14)18/h1-6,9,19H,7-8H2. The lowest BCUT2D eigenvalue weighted by Crippen LogP contribution is -2.09. The van der Waals surface area contributed by atoms with E-state index in [0.717, 1.165) is 10.5 Å². The third-order valence-corrected chi connectivity index (χ3v) is 3.29. The summed E-state index contributed by atoms with van der Waals surface area (Å²) < 4.78 is 27.0. The average molecular weight is 340 g/mol. The zero-order valence-electron chi connectivity index (χ0n) is 10.5. The van der Waals surface area contributed by atoms with Gasteiger partial charge in [-0.15, -0.1) is 0 Å². The maximum atomic E-state index is 13.3. The Kier molecular flexibility index (Phi) is 4.84. The molecule has 20 heavy (non-hydrogen) atoms. The van der Waals surface area contributed by atoms with E-state index in [1.807, 2.05) is 0 Å². The van der Waals surface area contributed by atoms with Gasteiger partial charge in [-0.3, -0.25) is 4.79 Å². The second-order valence-electron chi connectivity index (χ2n) is 4.23. The van der Waals surface area contributed by atoms with E-state index >= 15 is 0 Å². The van der Waals surface area contributed by atoms with Gasteiger partial charge in [0.1, 0.15) is 11.6 Å². The zero-order valence-corrected chi connectivity index (χ0v) is 12.1. The van der Waals surface area contributed by atoms with E-state index in [1.54, 1.807) is 24.3 Å². The van der Waals surface area contributed by atoms with Gasteiger partial charge in [0.2, 0.25) is 0 Å². The van der Waals surface area contributed by atoms with Crippen molar-refractivity contribution in [2.75, 3.05) is 11.9 Å². The summed E-state index contributed by atoms with van der Waals surface area (Å²) in [6, 6.07) is 10.3. The molecule has 0 heterocycles. The highest BCUT2D eigenvalue weighted by Gasteiger charge is 2.07. The van der Waals surface area contributed by atoms with Crippen LogP contribution >= 0.6 is 15.9 Å². The highest BCUT2D eigenvalue weighted by Crippen LogP contribution is 2.15. The molecule has 0 atom stereocenters. The molecule has 0 unspecified atom stereocenters. The molecule has 0 radical (unpaired) electrons. The van der Waals surface area contributed by atoms with Gasteiger partial charge in [-0.05, 0) is 24.3 Å². The van der Waals surface area contributed by atoms with E-state index in [-0.39, 0.29) is 24.4 Å². The zero-order chi connectivity index (χ0) is 14.5. The first kappa shape index (κ1) is 14.7. The Balaban J connectivity index is 1.89. The number of anilines is 1. The maximum absolute atomic E-state index is 13.3. The summed E-state index contributed by atoms with van der Waals surface area (Å²) in [7, 11) is 0. The highest BCUT2D eigenvalue weighted by atomic mass is 79.9. The number of hydrogen-bond acceptors (Lipinski definition) is 2. The number of hydrogen-bond donors (Lipinski definition) is 1. The van der Waals surface area contributed by atoms with Gasteiger partial charge in [0.25, 0.3) is 0 Å². The fourth-order valence-corrected chi connectivity index (χ4v) is 1.99. The average Bonchev–Trinajstić information content (AvgIpc) is 2.42. The molecule has 0 aliphatic carbocycles. The van der Waals surface area contributed by atoms with Gasteiger partial charge in [-0.25, -0.2) is 8.78 Å². The molecule has 2 aromatic rings. The van der Waals surface area contributed by atoms with E-state index in [4.69, 9.17) is 0 Å². The van der Waals surface area contributed by atoms with Gasteiger partial charge in [0.15, 0.2) is 5.78 Å². The van der Waals surface area contributed by atoms with Gasteiger partial charge < -0.3 is 5.32 Å². The summed E-state index contributed by atoms with van der Waals surface area (Å²) in [6.45, 7) is 0.289. The first-order valence-corrected chi connectivity index (χ1v) is 6.83. The number of carbonyl (C=O) groups excluding carboxylic acids is 1. The lowest BCUT2D eigenvalue weighted by Gasteiger charge is -2.07. The lowest BCUT2D eigenvalue weighted by atomic mass is 10.1. The topological polar surface area (TPSA) is 29.1 Å². The normalized spacial score (nSPS) is 10.3. The SMILES string of the molecule is O=C(CCNc1ccc(F)cc1F)c1ccc(Br)cc1. The van der Waals surface area contributed by atoms with Crippen LogP contribution in [0.5, 0.6) is 0 Å². The number of nitrogens with one attached hydrogen (secondary N) is 1. The second-order valence-corrected chi connectivity index (χ2v) is 5.15. The van der Waals surface area contributed by atoms with Crippen LogP contribution in [-0.4, -0.2) is 12.3 Å². The van der Waals surface area contributed by atoms with Gasteiger partial charge in [0.05, 0.1) is 5.69 Å². The van der Waals surface area contributed by atoms with Crippen LogP contribution in [0.3, 0.4) is 0 Å². The third-order valence-electron chi connectivity index (χ3n) is 2.76. The Morgan fingerprint density at radius 1 is 1.10 bits per heavy atom. The molecule has 0 aliphatic heterocycles. The quantitative estimate of drug-likeness (QED) is 0.817. The Morgan fingerprint density at radius 2 is 1.80 bits per heavy atom. The number of benzene rings is 2. The monoisotopic (exact) mass is 339 g/mol. The fraction of sp³-hybridized carbons (Fsp3) is 0.133. The molecule has 0 spiro atoms. The van der Waals surface area contributed by atoms with Crippen LogP contribution in [0.2, 0.25) is 0 Å². The summed E-state index contributed by atoms with van der Waals surface area (Å²) in [5.74, 6) is -1.33. The molecule has 104 valence electrons. The number of ketones is 1. The van der Waals surface area contributed by atoms with Gasteiger partial charge in [-0.2, -0.15) is 0 Å². The van der Waals surface area contributed by atoms with Crippen LogP contribution in [0.1, 0.15) is 16.8 Å². The Morgan fingerprint density at radius 3 is 2.45 bits per heavy atom. The van der Waals surface area contributed by atoms with E-state index in [2.05, 4.69) is 21.2 Å². The molecule has 5 heteroatoms. The van der Waals surface area contributed by atoms with Crippen molar-refractivity contribution in [1.29, 1.82) is 0 Å². The molecule has 0 fully saturated rings. The van der Waals surface area contributed by atoms with Crippen molar-refractivity contribution in [1.82, 2.24) is 0 Å². The predicted molar refractivity (Wildman–Crippen MR) is 77.9 cm³/mol. The minimum absolute atomic E-state index is 0.0347. The van der Waals surface area contributed by atoms with Crippen molar-refractivity contribution >= 4 is 27.4 Å². The van der Waals surface area contributed by atoms with Crippen molar-refractivity contribution < 1.29 is 13.6 Å². The van der Waals surface area contributed by atoms with Crippen molar-refractivity contribution in [3.63, 3.8) is 0 Å². The Bertz CT molecular complexity index is 614.